The molecule has 0 aromatic heterocycles. The second kappa shape index (κ2) is 14.8. The molecule has 0 saturated carbocycles. The van der Waals surface area contributed by atoms with Crippen molar-refractivity contribution in [2.24, 2.45) is 5.92 Å². The van der Waals surface area contributed by atoms with Gasteiger partial charge in [0.25, 0.3) is 0 Å². The van der Waals surface area contributed by atoms with E-state index in [9.17, 15) is 9.59 Å². The summed E-state index contributed by atoms with van der Waals surface area (Å²) in [5, 5.41) is 0. The van der Waals surface area contributed by atoms with Gasteiger partial charge in [0.1, 0.15) is 18.8 Å². The zero-order valence-corrected chi connectivity index (χ0v) is 24.1. The minimum absolute atomic E-state index is 0.0712. The predicted octanol–water partition coefficient (Wildman–Crippen LogP) is 5.07. The van der Waals surface area contributed by atoms with E-state index >= 15 is 0 Å². The first-order chi connectivity index (χ1) is 19.8. The van der Waals surface area contributed by atoms with E-state index in [2.05, 4.69) is 11.0 Å². The fourth-order valence-corrected chi connectivity index (χ4v) is 5.00. The maximum atomic E-state index is 12.2. The molecule has 3 aromatic rings. The van der Waals surface area contributed by atoms with Gasteiger partial charge in [-0.3, -0.25) is 9.59 Å². The Kier molecular flexibility index (Phi) is 10.9. The summed E-state index contributed by atoms with van der Waals surface area (Å²) >= 11 is 0. The largest absolute Gasteiger partial charge is 0.463 e. The standard InChI is InChI=1S/C33H39NO7/c1-23-12-11-17-28(18-23)34(4)19-29-31(38-20-26-13-7-5-8-14-26)32(39-21-27-15-9-6-10-16-27)30(22-37-24(2)35)41-33(29)40-25(3)36/h5-18,29-33H,19-22H2,1-4H3/t29-,30-,31-,32-,33?/m1/s1. The molecule has 1 unspecified atom stereocenters. The molecule has 8 heteroatoms. The number of hydrogen-bond acceptors (Lipinski definition) is 8. The van der Waals surface area contributed by atoms with Gasteiger partial charge in [0.2, 0.25) is 6.29 Å². The molecule has 3 aromatic carbocycles. The molecule has 1 aliphatic heterocycles. The van der Waals surface area contributed by atoms with E-state index in [0.29, 0.717) is 19.8 Å². The van der Waals surface area contributed by atoms with Crippen molar-refractivity contribution >= 4 is 17.6 Å². The molecule has 5 atom stereocenters. The maximum Gasteiger partial charge on any atom is 0.304 e. The smallest absolute Gasteiger partial charge is 0.304 e. The second-order valence-electron chi connectivity index (χ2n) is 10.4. The van der Waals surface area contributed by atoms with E-state index < -0.39 is 42.5 Å². The average Bonchev–Trinajstić information content (AvgIpc) is 2.96. The summed E-state index contributed by atoms with van der Waals surface area (Å²) in [4.78, 5) is 26.1. The number of nitrogens with zero attached hydrogens (tertiary/aromatic N) is 1. The third kappa shape index (κ3) is 8.88. The molecule has 41 heavy (non-hydrogen) atoms. The van der Waals surface area contributed by atoms with Crippen molar-refractivity contribution in [2.45, 2.75) is 58.6 Å². The second-order valence-corrected chi connectivity index (χ2v) is 10.4. The Morgan fingerprint density at radius 3 is 1.98 bits per heavy atom. The summed E-state index contributed by atoms with van der Waals surface area (Å²) in [6, 6.07) is 27.8. The predicted molar refractivity (Wildman–Crippen MR) is 155 cm³/mol. The van der Waals surface area contributed by atoms with Gasteiger partial charge in [-0.15, -0.1) is 0 Å². The average molecular weight is 562 g/mol. The van der Waals surface area contributed by atoms with Gasteiger partial charge in [0.05, 0.1) is 25.2 Å². The fourth-order valence-electron chi connectivity index (χ4n) is 5.00. The van der Waals surface area contributed by atoms with Crippen molar-refractivity contribution in [1.82, 2.24) is 0 Å². The first-order valence-electron chi connectivity index (χ1n) is 13.8. The highest BCUT2D eigenvalue weighted by Gasteiger charge is 2.49. The van der Waals surface area contributed by atoms with Crippen molar-refractivity contribution in [3.8, 4) is 0 Å². The molecular formula is C33H39NO7. The van der Waals surface area contributed by atoms with Crippen LogP contribution in [0.1, 0.15) is 30.5 Å². The zero-order valence-electron chi connectivity index (χ0n) is 24.1. The molecule has 218 valence electrons. The normalized spacial score (nSPS) is 22.1. The Bertz CT molecular complexity index is 1250. The van der Waals surface area contributed by atoms with Gasteiger partial charge in [-0.05, 0) is 35.7 Å². The molecule has 4 rings (SSSR count). The highest BCUT2D eigenvalue weighted by Crippen LogP contribution is 2.34. The summed E-state index contributed by atoms with van der Waals surface area (Å²) in [7, 11) is 1.98. The summed E-state index contributed by atoms with van der Waals surface area (Å²) in [5.74, 6) is -1.35. The highest BCUT2D eigenvalue weighted by atomic mass is 16.7. The number of carbonyl (C=O) groups excluding carboxylic acids is 2. The van der Waals surface area contributed by atoms with Gasteiger partial charge >= 0.3 is 11.9 Å². The van der Waals surface area contributed by atoms with E-state index in [1.54, 1.807) is 0 Å². The van der Waals surface area contributed by atoms with Crippen LogP contribution in [0.3, 0.4) is 0 Å². The van der Waals surface area contributed by atoms with Crippen molar-refractivity contribution < 1.29 is 33.3 Å². The van der Waals surface area contributed by atoms with Crippen LogP contribution in [0.15, 0.2) is 84.9 Å². The van der Waals surface area contributed by atoms with Crippen LogP contribution in [-0.2, 0) is 46.5 Å². The van der Waals surface area contributed by atoms with Crippen molar-refractivity contribution in [2.75, 3.05) is 25.1 Å². The monoisotopic (exact) mass is 561 g/mol. The Labute approximate surface area is 242 Å². The molecule has 8 nitrogen and oxygen atoms in total. The van der Waals surface area contributed by atoms with Gasteiger partial charge in [-0.2, -0.15) is 0 Å². The quantitative estimate of drug-likeness (QED) is 0.284. The highest BCUT2D eigenvalue weighted by molar-refractivity contribution is 5.66. The number of rotatable bonds is 12. The topological polar surface area (TPSA) is 83.5 Å². The first-order valence-corrected chi connectivity index (χ1v) is 13.8. The number of carbonyl (C=O) groups is 2. The molecule has 0 aliphatic carbocycles. The molecular weight excluding hydrogens is 522 g/mol. The van der Waals surface area contributed by atoms with Crippen molar-refractivity contribution in [1.29, 1.82) is 0 Å². The fraction of sp³-hybridized carbons (Fsp3) is 0.394. The van der Waals surface area contributed by atoms with E-state index in [-0.39, 0.29) is 6.61 Å². The lowest BCUT2D eigenvalue weighted by Crippen LogP contribution is -2.60. The zero-order chi connectivity index (χ0) is 29.2. The molecule has 1 saturated heterocycles. The van der Waals surface area contributed by atoms with Gasteiger partial charge in [-0.1, -0.05) is 72.8 Å². The minimum atomic E-state index is -0.947. The van der Waals surface area contributed by atoms with Gasteiger partial charge in [-0.25, -0.2) is 0 Å². The Morgan fingerprint density at radius 2 is 1.41 bits per heavy atom. The maximum absolute atomic E-state index is 12.2. The van der Waals surface area contributed by atoms with Gasteiger partial charge in [0.15, 0.2) is 0 Å². The van der Waals surface area contributed by atoms with E-state index in [4.69, 9.17) is 23.7 Å². The lowest BCUT2D eigenvalue weighted by Gasteiger charge is -2.46. The third-order valence-electron chi connectivity index (χ3n) is 7.00. The van der Waals surface area contributed by atoms with Crippen molar-refractivity contribution in [3.05, 3.63) is 102 Å². The Morgan fingerprint density at radius 1 is 0.805 bits per heavy atom. The molecule has 0 radical (unpaired) electrons. The first kappa shape index (κ1) is 30.2. The van der Waals surface area contributed by atoms with Crippen LogP contribution in [0.5, 0.6) is 0 Å². The summed E-state index contributed by atoms with van der Waals surface area (Å²) in [6.45, 7) is 5.73. The summed E-state index contributed by atoms with van der Waals surface area (Å²) in [5.41, 5.74) is 4.12. The lowest BCUT2D eigenvalue weighted by atomic mass is 9.89. The SMILES string of the molecule is CC(=O)OC[C@H]1OC(OC(C)=O)[C@H](CN(C)c2cccc(C)c2)[C@@H](OCc2ccccc2)[C@@H]1OCc1ccccc1. The van der Waals surface area contributed by atoms with Crippen LogP contribution in [0.2, 0.25) is 0 Å². The lowest BCUT2D eigenvalue weighted by molar-refractivity contribution is -0.293. The van der Waals surface area contributed by atoms with Gasteiger partial charge < -0.3 is 28.6 Å². The molecule has 0 bridgehead atoms. The minimum Gasteiger partial charge on any atom is -0.463 e. The summed E-state index contributed by atoms with van der Waals surface area (Å²) in [6.07, 6.45) is -2.86. The molecule has 0 spiro atoms. The van der Waals surface area contributed by atoms with E-state index in [1.807, 2.05) is 92.8 Å². The molecule has 0 N–H and O–H groups in total. The van der Waals surface area contributed by atoms with Crippen molar-refractivity contribution in [3.63, 3.8) is 0 Å². The number of ether oxygens (including phenoxy) is 5. The van der Waals surface area contributed by atoms with Crippen LogP contribution in [0.4, 0.5) is 5.69 Å². The third-order valence-corrected chi connectivity index (χ3v) is 7.00. The Balaban J connectivity index is 1.69. The van der Waals surface area contributed by atoms with Crippen LogP contribution in [0, 0.1) is 12.8 Å². The van der Waals surface area contributed by atoms with E-state index in [1.165, 1.54) is 13.8 Å². The number of aryl methyl sites for hydroxylation is 1. The number of anilines is 1. The number of benzene rings is 3. The number of esters is 2. The molecule has 1 fully saturated rings. The van der Waals surface area contributed by atoms with Crippen LogP contribution < -0.4 is 4.90 Å². The van der Waals surface area contributed by atoms with Crippen LogP contribution >= 0.6 is 0 Å². The Hall–Kier alpha value is -3.72. The molecule has 0 amide bonds. The molecule has 1 heterocycles. The molecule has 1 aliphatic rings. The number of hydrogen-bond donors (Lipinski definition) is 0. The van der Waals surface area contributed by atoms with Crippen LogP contribution in [-0.4, -0.2) is 56.7 Å². The van der Waals surface area contributed by atoms with E-state index in [0.717, 1.165) is 22.4 Å². The van der Waals surface area contributed by atoms with Gasteiger partial charge in [0, 0.05) is 33.1 Å². The van der Waals surface area contributed by atoms with Crippen LogP contribution in [0.25, 0.3) is 0 Å². The summed E-state index contributed by atoms with van der Waals surface area (Å²) < 4.78 is 30.6.